The Labute approximate surface area is 181 Å². The number of likely N-dealkylation sites (tertiary alicyclic amines) is 1. The van der Waals surface area contributed by atoms with Gasteiger partial charge in [0.2, 0.25) is 0 Å². The Morgan fingerprint density at radius 3 is 2.80 bits per heavy atom. The van der Waals surface area contributed by atoms with E-state index in [2.05, 4.69) is 32.2 Å². The molecule has 0 aromatic heterocycles. The lowest BCUT2D eigenvalue weighted by molar-refractivity contribution is 0.0315. The summed E-state index contributed by atoms with van der Waals surface area (Å²) in [7, 11) is 3.56. The summed E-state index contributed by atoms with van der Waals surface area (Å²) >= 11 is 0. The molecular weight excluding hydrogens is 380 g/mol. The van der Waals surface area contributed by atoms with Crippen LogP contribution in [-0.2, 0) is 11.2 Å². The summed E-state index contributed by atoms with van der Waals surface area (Å²) in [4.78, 5) is 9.47. The number of hydrogen-bond acceptors (Lipinski definition) is 5. The zero-order chi connectivity index (χ0) is 21.2. The van der Waals surface area contributed by atoms with Crippen LogP contribution in [0.15, 0.2) is 23.2 Å². The number of morpholine rings is 1. The summed E-state index contributed by atoms with van der Waals surface area (Å²) in [5, 5.41) is 3.55. The van der Waals surface area contributed by atoms with Crippen LogP contribution >= 0.6 is 0 Å². The van der Waals surface area contributed by atoms with E-state index in [1.165, 1.54) is 18.5 Å². The van der Waals surface area contributed by atoms with Gasteiger partial charge in [0.25, 0.3) is 0 Å². The number of methoxy groups -OCH3 is 1. The van der Waals surface area contributed by atoms with Crippen LogP contribution in [0, 0.1) is 5.92 Å². The molecular formula is C23H38N4O3. The number of nitrogens with one attached hydrogen (secondary N) is 1. The van der Waals surface area contributed by atoms with Crippen LogP contribution in [-0.4, -0.2) is 89.0 Å². The minimum atomic E-state index is 0.639. The molecule has 3 rings (SSSR count). The average Bonchev–Trinajstić information content (AvgIpc) is 3.23. The molecule has 30 heavy (non-hydrogen) atoms. The first-order valence-electron chi connectivity index (χ1n) is 11.3. The first kappa shape index (κ1) is 22.7. The van der Waals surface area contributed by atoms with Crippen LogP contribution in [0.2, 0.25) is 0 Å². The summed E-state index contributed by atoms with van der Waals surface area (Å²) in [6.45, 7) is 10.8. The number of nitrogens with zero attached hydrogens (tertiary/aromatic N) is 3. The molecule has 1 aromatic rings. The molecule has 0 saturated carbocycles. The van der Waals surface area contributed by atoms with Crippen LogP contribution in [0.5, 0.6) is 11.5 Å². The Balaban J connectivity index is 1.40. The molecule has 0 bridgehead atoms. The van der Waals surface area contributed by atoms with Crippen molar-refractivity contribution in [3.05, 3.63) is 23.8 Å². The van der Waals surface area contributed by atoms with Crippen LogP contribution in [0.4, 0.5) is 0 Å². The van der Waals surface area contributed by atoms with Gasteiger partial charge in [0.05, 0.1) is 26.9 Å². The third-order valence-corrected chi connectivity index (χ3v) is 5.87. The van der Waals surface area contributed by atoms with Gasteiger partial charge in [-0.15, -0.1) is 0 Å². The molecule has 2 aliphatic heterocycles. The van der Waals surface area contributed by atoms with Gasteiger partial charge in [-0.2, -0.15) is 0 Å². The molecule has 168 valence electrons. The van der Waals surface area contributed by atoms with Crippen molar-refractivity contribution in [3.63, 3.8) is 0 Å². The second-order valence-corrected chi connectivity index (χ2v) is 8.01. The highest BCUT2D eigenvalue weighted by molar-refractivity contribution is 5.80. The lowest BCUT2D eigenvalue weighted by Gasteiger charge is -2.29. The molecule has 1 aromatic carbocycles. The van der Waals surface area contributed by atoms with Gasteiger partial charge in [-0.25, -0.2) is 0 Å². The van der Waals surface area contributed by atoms with E-state index < -0.39 is 0 Å². The highest BCUT2D eigenvalue weighted by Gasteiger charge is 2.26. The van der Waals surface area contributed by atoms with E-state index in [4.69, 9.17) is 14.2 Å². The van der Waals surface area contributed by atoms with Gasteiger partial charge in [-0.05, 0) is 49.8 Å². The topological polar surface area (TPSA) is 58.6 Å². The van der Waals surface area contributed by atoms with Gasteiger partial charge >= 0.3 is 0 Å². The van der Waals surface area contributed by atoms with Crippen molar-refractivity contribution in [2.45, 2.75) is 26.2 Å². The van der Waals surface area contributed by atoms with E-state index >= 15 is 0 Å². The van der Waals surface area contributed by atoms with Crippen molar-refractivity contribution in [3.8, 4) is 11.5 Å². The first-order valence-corrected chi connectivity index (χ1v) is 11.3. The molecule has 1 atom stereocenters. The van der Waals surface area contributed by atoms with E-state index in [1.807, 2.05) is 20.0 Å². The normalized spacial score (nSPS) is 20.4. The Hall–Kier alpha value is -1.99. The first-order chi connectivity index (χ1) is 14.7. The van der Waals surface area contributed by atoms with E-state index in [-0.39, 0.29) is 0 Å². The highest BCUT2D eigenvalue weighted by Crippen LogP contribution is 2.28. The second kappa shape index (κ2) is 12.0. The van der Waals surface area contributed by atoms with Gasteiger partial charge in [0.15, 0.2) is 17.5 Å². The molecule has 2 saturated heterocycles. The Morgan fingerprint density at radius 1 is 1.23 bits per heavy atom. The number of benzene rings is 1. The third-order valence-electron chi connectivity index (χ3n) is 5.87. The summed E-state index contributed by atoms with van der Waals surface area (Å²) in [6.07, 6.45) is 3.28. The lowest BCUT2D eigenvalue weighted by atomic mass is 10.1. The van der Waals surface area contributed by atoms with Crippen LogP contribution in [0.3, 0.4) is 0 Å². The molecule has 0 radical (unpaired) electrons. The van der Waals surface area contributed by atoms with E-state index in [1.54, 1.807) is 7.11 Å². The SMILES string of the molecule is CCOc1cc(CCCNC(=NC)N2CCC(CN3CCOCC3)C2)ccc1OC. The van der Waals surface area contributed by atoms with Crippen molar-refractivity contribution in [2.75, 3.05) is 73.2 Å². The van der Waals surface area contributed by atoms with Crippen LogP contribution in [0.1, 0.15) is 25.3 Å². The average molecular weight is 419 g/mol. The van der Waals surface area contributed by atoms with Crippen LogP contribution in [0.25, 0.3) is 0 Å². The molecule has 1 N–H and O–H groups in total. The number of aryl methyl sites for hydroxylation is 1. The lowest BCUT2D eigenvalue weighted by Crippen LogP contribution is -2.42. The van der Waals surface area contributed by atoms with Crippen LogP contribution < -0.4 is 14.8 Å². The quantitative estimate of drug-likeness (QED) is 0.377. The minimum Gasteiger partial charge on any atom is -0.493 e. The largest absolute Gasteiger partial charge is 0.493 e. The van der Waals surface area contributed by atoms with Gasteiger partial charge in [0, 0.05) is 46.3 Å². The predicted molar refractivity (Wildman–Crippen MR) is 121 cm³/mol. The maximum Gasteiger partial charge on any atom is 0.193 e. The highest BCUT2D eigenvalue weighted by atomic mass is 16.5. The van der Waals surface area contributed by atoms with Crippen molar-refractivity contribution >= 4 is 5.96 Å². The molecule has 2 heterocycles. The molecule has 2 aliphatic rings. The fraction of sp³-hybridized carbons (Fsp3) is 0.696. The third kappa shape index (κ3) is 6.51. The van der Waals surface area contributed by atoms with Gasteiger partial charge in [-0.3, -0.25) is 9.89 Å². The Morgan fingerprint density at radius 2 is 2.07 bits per heavy atom. The molecule has 2 fully saturated rings. The Kier molecular flexibility index (Phi) is 9.08. The van der Waals surface area contributed by atoms with Crippen molar-refractivity contribution in [1.29, 1.82) is 0 Å². The molecule has 0 amide bonds. The summed E-state index contributed by atoms with van der Waals surface area (Å²) in [5.74, 6) is 3.37. The number of guanidine groups is 1. The smallest absolute Gasteiger partial charge is 0.193 e. The maximum absolute atomic E-state index is 5.69. The van der Waals surface area contributed by atoms with E-state index in [9.17, 15) is 0 Å². The van der Waals surface area contributed by atoms with Crippen molar-refractivity contribution in [1.82, 2.24) is 15.1 Å². The fourth-order valence-corrected chi connectivity index (χ4v) is 4.29. The number of hydrogen-bond donors (Lipinski definition) is 1. The number of ether oxygens (including phenoxy) is 3. The van der Waals surface area contributed by atoms with Crippen molar-refractivity contribution < 1.29 is 14.2 Å². The standard InChI is InChI=1S/C23H38N4O3/c1-4-30-22-16-19(7-8-21(22)28-3)6-5-10-25-23(24-2)27-11-9-20(18-27)17-26-12-14-29-15-13-26/h7-8,16,20H,4-6,9-15,17-18H2,1-3H3,(H,24,25). The number of rotatable bonds is 9. The minimum absolute atomic E-state index is 0.639. The molecule has 7 heteroatoms. The van der Waals surface area contributed by atoms with Gasteiger partial charge < -0.3 is 24.4 Å². The molecule has 1 unspecified atom stereocenters. The second-order valence-electron chi connectivity index (χ2n) is 8.01. The summed E-state index contributed by atoms with van der Waals surface area (Å²) < 4.78 is 16.5. The summed E-state index contributed by atoms with van der Waals surface area (Å²) in [5.41, 5.74) is 1.27. The molecule has 0 spiro atoms. The molecule has 7 nitrogen and oxygen atoms in total. The monoisotopic (exact) mass is 418 g/mol. The fourth-order valence-electron chi connectivity index (χ4n) is 4.29. The zero-order valence-electron chi connectivity index (χ0n) is 18.9. The predicted octanol–water partition coefficient (Wildman–Crippen LogP) is 2.26. The maximum atomic E-state index is 5.69. The number of aliphatic imine (C=N–C) groups is 1. The van der Waals surface area contributed by atoms with Gasteiger partial charge in [0.1, 0.15) is 0 Å². The zero-order valence-corrected chi connectivity index (χ0v) is 18.9. The summed E-state index contributed by atoms with van der Waals surface area (Å²) in [6, 6.07) is 6.20. The van der Waals surface area contributed by atoms with E-state index in [0.29, 0.717) is 6.61 Å². The van der Waals surface area contributed by atoms with E-state index in [0.717, 1.165) is 82.2 Å². The molecule has 0 aliphatic carbocycles. The van der Waals surface area contributed by atoms with Gasteiger partial charge in [-0.1, -0.05) is 6.07 Å². The Bertz CT molecular complexity index is 676. The van der Waals surface area contributed by atoms with Crippen molar-refractivity contribution in [2.24, 2.45) is 10.9 Å².